The first kappa shape index (κ1) is 13.6. The third kappa shape index (κ3) is 2.46. The summed E-state index contributed by atoms with van der Waals surface area (Å²) in [4.78, 5) is 7.05. The number of rotatable bonds is 1. The molecule has 0 spiro atoms. The normalized spacial score (nSPS) is 15.8. The Morgan fingerprint density at radius 1 is 1.17 bits per heavy atom. The Hall–Kier alpha value is -0.840. The Kier molecular flexibility index (Phi) is 4.10. The second kappa shape index (κ2) is 5.43. The van der Waals surface area contributed by atoms with Gasteiger partial charge in [0.2, 0.25) is 0 Å². The van der Waals surface area contributed by atoms with Gasteiger partial charge < -0.3 is 9.64 Å². The van der Waals surface area contributed by atoms with Crippen molar-refractivity contribution in [2.75, 3.05) is 31.2 Å². The van der Waals surface area contributed by atoms with Crippen molar-refractivity contribution in [1.82, 2.24) is 4.98 Å². The van der Waals surface area contributed by atoms with Crippen LogP contribution in [0, 0.1) is 13.8 Å². The van der Waals surface area contributed by atoms with Crippen LogP contribution in [0.15, 0.2) is 12.1 Å². The van der Waals surface area contributed by atoms with Crippen LogP contribution in [0.4, 0.5) is 5.13 Å². The Morgan fingerprint density at radius 3 is 2.56 bits per heavy atom. The lowest BCUT2D eigenvalue weighted by Gasteiger charge is -2.25. The summed E-state index contributed by atoms with van der Waals surface area (Å²) >= 11 is 1.79. The van der Waals surface area contributed by atoms with Crippen LogP contribution in [0.5, 0.6) is 0 Å². The fourth-order valence-corrected chi connectivity index (χ4v) is 3.15. The van der Waals surface area contributed by atoms with Gasteiger partial charge in [-0.1, -0.05) is 11.3 Å². The summed E-state index contributed by atoms with van der Waals surface area (Å²) in [6.07, 6.45) is 0. The molecule has 0 aliphatic carbocycles. The average molecular weight is 285 g/mol. The van der Waals surface area contributed by atoms with Crippen molar-refractivity contribution < 1.29 is 4.74 Å². The molecule has 2 aromatic rings. The highest BCUT2D eigenvalue weighted by atomic mass is 35.5. The van der Waals surface area contributed by atoms with Crippen LogP contribution in [-0.4, -0.2) is 31.3 Å². The minimum Gasteiger partial charge on any atom is -0.378 e. The summed E-state index contributed by atoms with van der Waals surface area (Å²) in [5, 5.41) is 1.13. The Morgan fingerprint density at radius 2 is 1.83 bits per heavy atom. The molecule has 3 nitrogen and oxygen atoms in total. The van der Waals surface area contributed by atoms with Crippen molar-refractivity contribution in [3.63, 3.8) is 0 Å². The monoisotopic (exact) mass is 284 g/mol. The molecular formula is C13H17ClN2OS. The molecule has 1 aromatic heterocycles. The molecule has 0 amide bonds. The number of nitrogens with zero attached hydrogens (tertiary/aromatic N) is 2. The van der Waals surface area contributed by atoms with E-state index in [4.69, 9.17) is 9.72 Å². The smallest absolute Gasteiger partial charge is 0.186 e. The number of thiazole rings is 1. The highest BCUT2D eigenvalue weighted by Gasteiger charge is 2.15. The molecule has 2 heterocycles. The summed E-state index contributed by atoms with van der Waals surface area (Å²) in [5.74, 6) is 0. The minimum absolute atomic E-state index is 0. The van der Waals surface area contributed by atoms with Gasteiger partial charge in [0.15, 0.2) is 5.13 Å². The Labute approximate surface area is 117 Å². The predicted octanol–water partition coefficient (Wildman–Crippen LogP) is 3.17. The third-order valence-corrected chi connectivity index (χ3v) is 4.35. The summed E-state index contributed by atoms with van der Waals surface area (Å²) in [5.41, 5.74) is 3.78. The fourth-order valence-electron chi connectivity index (χ4n) is 2.06. The number of anilines is 1. The number of fused-ring (bicyclic) bond motifs is 1. The molecule has 0 atom stereocenters. The van der Waals surface area contributed by atoms with Gasteiger partial charge in [-0.25, -0.2) is 4.98 Å². The summed E-state index contributed by atoms with van der Waals surface area (Å²) in [6.45, 7) is 7.84. The number of ether oxygens (including phenoxy) is 1. The van der Waals surface area contributed by atoms with Crippen LogP contribution in [0.25, 0.3) is 10.2 Å². The highest BCUT2D eigenvalue weighted by molar-refractivity contribution is 7.22. The number of halogens is 1. The molecule has 3 rings (SSSR count). The number of hydrogen-bond donors (Lipinski definition) is 0. The number of aryl methyl sites for hydroxylation is 2. The number of benzene rings is 1. The quantitative estimate of drug-likeness (QED) is 0.804. The SMILES string of the molecule is Cc1cc2nc(N3CCOCC3)sc2cc1C.Cl. The van der Waals surface area contributed by atoms with Crippen LogP contribution in [0.2, 0.25) is 0 Å². The van der Waals surface area contributed by atoms with Crippen molar-refractivity contribution in [2.24, 2.45) is 0 Å². The molecule has 98 valence electrons. The average Bonchev–Trinajstić information content (AvgIpc) is 2.74. The van der Waals surface area contributed by atoms with Gasteiger partial charge >= 0.3 is 0 Å². The van der Waals surface area contributed by atoms with Gasteiger partial charge in [0.1, 0.15) is 0 Å². The maximum Gasteiger partial charge on any atom is 0.186 e. The molecule has 1 aliphatic heterocycles. The van der Waals surface area contributed by atoms with E-state index in [1.807, 2.05) is 0 Å². The fraction of sp³-hybridized carbons (Fsp3) is 0.462. The second-order valence-corrected chi connectivity index (χ2v) is 5.51. The molecule has 1 fully saturated rings. The lowest BCUT2D eigenvalue weighted by molar-refractivity contribution is 0.122. The van der Waals surface area contributed by atoms with E-state index < -0.39 is 0 Å². The summed E-state index contributed by atoms with van der Waals surface area (Å²) in [6, 6.07) is 4.43. The molecule has 5 heteroatoms. The van der Waals surface area contributed by atoms with Gasteiger partial charge in [0.25, 0.3) is 0 Å². The number of hydrogen-bond acceptors (Lipinski definition) is 4. The van der Waals surface area contributed by atoms with Gasteiger partial charge in [-0.3, -0.25) is 0 Å². The maximum atomic E-state index is 5.37. The van der Waals surface area contributed by atoms with Gasteiger partial charge in [-0.15, -0.1) is 12.4 Å². The largest absolute Gasteiger partial charge is 0.378 e. The molecule has 0 bridgehead atoms. The van der Waals surface area contributed by atoms with E-state index in [1.54, 1.807) is 11.3 Å². The Balaban J connectivity index is 0.00000120. The van der Waals surface area contributed by atoms with Crippen LogP contribution < -0.4 is 4.90 Å². The molecule has 0 radical (unpaired) electrons. The number of morpholine rings is 1. The lowest BCUT2D eigenvalue weighted by Crippen LogP contribution is -2.36. The highest BCUT2D eigenvalue weighted by Crippen LogP contribution is 2.30. The van der Waals surface area contributed by atoms with Crippen molar-refractivity contribution in [3.05, 3.63) is 23.3 Å². The molecule has 0 N–H and O–H groups in total. The van der Waals surface area contributed by atoms with E-state index in [1.165, 1.54) is 15.8 Å². The summed E-state index contributed by atoms with van der Waals surface area (Å²) in [7, 11) is 0. The van der Waals surface area contributed by atoms with Gasteiger partial charge in [0, 0.05) is 13.1 Å². The van der Waals surface area contributed by atoms with E-state index in [2.05, 4.69) is 30.9 Å². The first-order chi connectivity index (χ1) is 8.24. The first-order valence-electron chi connectivity index (χ1n) is 5.94. The molecule has 0 saturated carbocycles. The zero-order valence-corrected chi connectivity index (χ0v) is 12.2. The van der Waals surface area contributed by atoms with Crippen LogP contribution in [0.3, 0.4) is 0 Å². The second-order valence-electron chi connectivity index (χ2n) is 4.50. The predicted molar refractivity (Wildman–Crippen MR) is 79.4 cm³/mol. The molecule has 1 saturated heterocycles. The molecule has 0 unspecified atom stereocenters. The first-order valence-corrected chi connectivity index (χ1v) is 6.76. The molecule has 1 aliphatic rings. The minimum atomic E-state index is 0. The van der Waals surface area contributed by atoms with Crippen molar-refractivity contribution in [1.29, 1.82) is 0 Å². The standard InChI is InChI=1S/C13H16N2OS.ClH/c1-9-7-11-12(8-10(9)2)17-13(14-11)15-3-5-16-6-4-15;/h7-8H,3-6H2,1-2H3;1H. The van der Waals surface area contributed by atoms with E-state index in [9.17, 15) is 0 Å². The zero-order chi connectivity index (χ0) is 11.8. The van der Waals surface area contributed by atoms with Crippen molar-refractivity contribution >= 4 is 39.1 Å². The zero-order valence-electron chi connectivity index (χ0n) is 10.6. The molecule has 18 heavy (non-hydrogen) atoms. The Bertz CT molecular complexity index is 510. The van der Waals surface area contributed by atoms with Gasteiger partial charge in [-0.05, 0) is 37.1 Å². The van der Waals surface area contributed by atoms with Crippen LogP contribution in [-0.2, 0) is 4.74 Å². The topological polar surface area (TPSA) is 25.4 Å². The van der Waals surface area contributed by atoms with E-state index in [0.29, 0.717) is 0 Å². The third-order valence-electron chi connectivity index (χ3n) is 3.27. The number of aromatic nitrogens is 1. The van der Waals surface area contributed by atoms with Gasteiger partial charge in [-0.2, -0.15) is 0 Å². The summed E-state index contributed by atoms with van der Waals surface area (Å²) < 4.78 is 6.66. The van der Waals surface area contributed by atoms with Crippen LogP contribution >= 0.6 is 23.7 Å². The van der Waals surface area contributed by atoms with Crippen molar-refractivity contribution in [2.45, 2.75) is 13.8 Å². The van der Waals surface area contributed by atoms with Crippen LogP contribution in [0.1, 0.15) is 11.1 Å². The molecular weight excluding hydrogens is 268 g/mol. The van der Waals surface area contributed by atoms with Crippen molar-refractivity contribution in [3.8, 4) is 0 Å². The van der Waals surface area contributed by atoms with Gasteiger partial charge in [0.05, 0.1) is 23.4 Å². The maximum absolute atomic E-state index is 5.37. The van der Waals surface area contributed by atoms with E-state index in [-0.39, 0.29) is 12.4 Å². The molecule has 1 aromatic carbocycles. The lowest BCUT2D eigenvalue weighted by atomic mass is 10.1. The van der Waals surface area contributed by atoms with E-state index >= 15 is 0 Å². The van der Waals surface area contributed by atoms with E-state index in [0.717, 1.165) is 37.0 Å².